The summed E-state index contributed by atoms with van der Waals surface area (Å²) >= 11 is 11.4. The van der Waals surface area contributed by atoms with Gasteiger partial charge in [0.2, 0.25) is 0 Å². The summed E-state index contributed by atoms with van der Waals surface area (Å²) < 4.78 is 13.2. The fraction of sp³-hybridized carbons (Fsp3) is 0.333. The average molecular weight is 364 g/mol. The predicted octanol–water partition coefficient (Wildman–Crippen LogP) is 4.67. The second kappa shape index (κ2) is 7.45. The molecule has 2 N–H and O–H groups in total. The van der Waals surface area contributed by atoms with E-state index in [1.165, 1.54) is 25.0 Å². The van der Waals surface area contributed by atoms with Crippen LogP contribution < -0.4 is 10.6 Å². The predicted molar refractivity (Wildman–Crippen MR) is 100 cm³/mol. The Morgan fingerprint density at radius 3 is 2.58 bits per heavy atom. The van der Waals surface area contributed by atoms with Crippen LogP contribution in [-0.4, -0.2) is 16.6 Å². The van der Waals surface area contributed by atoms with E-state index >= 15 is 0 Å². The summed E-state index contributed by atoms with van der Waals surface area (Å²) in [6.07, 6.45) is 6.12. The van der Waals surface area contributed by atoms with Crippen LogP contribution in [0.1, 0.15) is 31.2 Å². The molecule has 3 rings (SSSR count). The minimum Gasteiger partial charge on any atom is -0.362 e. The van der Waals surface area contributed by atoms with E-state index in [1.807, 2.05) is 18.2 Å². The lowest BCUT2D eigenvalue weighted by molar-refractivity contribution is 0.434. The van der Waals surface area contributed by atoms with Gasteiger partial charge < -0.3 is 10.6 Å². The molecule has 0 aliphatic heterocycles. The third kappa shape index (κ3) is 3.84. The second-order valence-corrected chi connectivity index (χ2v) is 6.91. The monoisotopic (exact) mass is 363 g/mol. The zero-order valence-electron chi connectivity index (χ0n) is 13.2. The van der Waals surface area contributed by atoms with Gasteiger partial charge in [-0.1, -0.05) is 36.6 Å². The molecule has 0 spiro atoms. The van der Waals surface area contributed by atoms with Gasteiger partial charge in [-0.25, -0.2) is 9.37 Å². The number of pyridine rings is 1. The highest BCUT2D eigenvalue weighted by Gasteiger charge is 2.35. The van der Waals surface area contributed by atoms with Crippen molar-refractivity contribution in [3.05, 3.63) is 59.1 Å². The fourth-order valence-corrected chi connectivity index (χ4v) is 3.67. The number of thiocarbonyl (C=S) groups is 1. The molecular weight excluding hydrogens is 345 g/mol. The van der Waals surface area contributed by atoms with E-state index in [0.717, 1.165) is 18.4 Å². The lowest BCUT2D eigenvalue weighted by atomic mass is 9.79. The van der Waals surface area contributed by atoms with Crippen molar-refractivity contribution in [2.24, 2.45) is 0 Å². The van der Waals surface area contributed by atoms with Gasteiger partial charge in [0.25, 0.3) is 0 Å². The van der Waals surface area contributed by atoms with Gasteiger partial charge in [-0.3, -0.25) is 0 Å². The topological polar surface area (TPSA) is 37.0 Å². The Hall–Kier alpha value is -1.72. The summed E-state index contributed by atoms with van der Waals surface area (Å²) in [5.74, 6) is -0.205. The van der Waals surface area contributed by atoms with E-state index < -0.39 is 0 Å². The maximum Gasteiger partial charge on any atom is 0.170 e. The Balaban J connectivity index is 1.67. The smallest absolute Gasteiger partial charge is 0.170 e. The average Bonchev–Trinajstić information content (AvgIpc) is 3.06. The van der Waals surface area contributed by atoms with E-state index in [2.05, 4.69) is 15.6 Å². The van der Waals surface area contributed by atoms with E-state index in [9.17, 15) is 4.39 Å². The second-order valence-electron chi connectivity index (χ2n) is 6.14. The molecule has 0 atom stereocenters. The van der Waals surface area contributed by atoms with Crippen molar-refractivity contribution in [3.63, 3.8) is 0 Å². The summed E-state index contributed by atoms with van der Waals surface area (Å²) in [6.45, 7) is 0.711. The quantitative estimate of drug-likeness (QED) is 0.611. The molecule has 1 aromatic heterocycles. The Labute approximate surface area is 151 Å². The fourth-order valence-electron chi connectivity index (χ4n) is 3.32. The maximum atomic E-state index is 13.2. The van der Waals surface area contributed by atoms with Crippen LogP contribution in [0.4, 0.5) is 10.1 Å². The number of halogens is 2. The first kappa shape index (κ1) is 17.1. The largest absolute Gasteiger partial charge is 0.362 e. The molecule has 0 saturated heterocycles. The summed E-state index contributed by atoms with van der Waals surface area (Å²) in [6, 6.07) is 10.5. The van der Waals surface area contributed by atoms with Crippen molar-refractivity contribution in [2.75, 3.05) is 11.9 Å². The van der Waals surface area contributed by atoms with Crippen LogP contribution in [0, 0.1) is 5.82 Å². The number of benzene rings is 1. The Kier molecular flexibility index (Phi) is 5.31. The molecular formula is C18H19ClFN3S. The van der Waals surface area contributed by atoms with Gasteiger partial charge in [-0.15, -0.1) is 0 Å². The first-order chi connectivity index (χ1) is 11.6. The number of hydrogen-bond acceptors (Lipinski definition) is 2. The van der Waals surface area contributed by atoms with Gasteiger partial charge >= 0.3 is 0 Å². The highest BCUT2D eigenvalue weighted by atomic mass is 35.5. The molecule has 3 nitrogen and oxygen atoms in total. The summed E-state index contributed by atoms with van der Waals surface area (Å²) in [7, 11) is 0. The van der Waals surface area contributed by atoms with Gasteiger partial charge in [0.1, 0.15) is 5.82 Å². The third-order valence-electron chi connectivity index (χ3n) is 4.61. The van der Waals surface area contributed by atoms with E-state index in [1.54, 1.807) is 12.3 Å². The Morgan fingerprint density at radius 1 is 1.21 bits per heavy atom. The number of rotatable bonds is 4. The molecule has 2 aromatic rings. The first-order valence-electron chi connectivity index (χ1n) is 8.00. The standard InChI is InChI=1S/C18H19ClFN3S/c19-16-15(4-3-11-21-16)23-17(24)22-12-18(9-1-2-10-18)13-5-7-14(20)8-6-13/h3-8,11H,1-2,9-10,12H2,(H2,22,23,24). The number of nitrogens with zero attached hydrogens (tertiary/aromatic N) is 1. The number of hydrogen-bond donors (Lipinski definition) is 2. The summed E-state index contributed by atoms with van der Waals surface area (Å²) in [4.78, 5) is 4.02. The first-order valence-corrected chi connectivity index (χ1v) is 8.79. The van der Waals surface area contributed by atoms with E-state index in [4.69, 9.17) is 23.8 Å². The van der Waals surface area contributed by atoms with Crippen LogP contribution in [0.15, 0.2) is 42.6 Å². The molecule has 1 fully saturated rings. The lowest BCUT2D eigenvalue weighted by Crippen LogP contribution is -2.40. The van der Waals surface area contributed by atoms with Gasteiger partial charge in [0.05, 0.1) is 5.69 Å². The lowest BCUT2D eigenvalue weighted by Gasteiger charge is -2.30. The van der Waals surface area contributed by atoms with Crippen molar-refractivity contribution in [3.8, 4) is 0 Å². The molecule has 1 heterocycles. The van der Waals surface area contributed by atoms with Crippen molar-refractivity contribution in [2.45, 2.75) is 31.1 Å². The van der Waals surface area contributed by atoms with E-state index in [-0.39, 0.29) is 11.2 Å². The van der Waals surface area contributed by atoms with Crippen molar-refractivity contribution in [1.82, 2.24) is 10.3 Å². The highest BCUT2D eigenvalue weighted by molar-refractivity contribution is 7.80. The number of aromatic nitrogens is 1. The van der Waals surface area contributed by atoms with Crippen LogP contribution in [0.2, 0.25) is 5.15 Å². The minimum atomic E-state index is -0.205. The van der Waals surface area contributed by atoms with Gasteiger partial charge in [-0.2, -0.15) is 0 Å². The third-order valence-corrected chi connectivity index (χ3v) is 5.16. The van der Waals surface area contributed by atoms with Gasteiger partial charge in [0.15, 0.2) is 10.3 Å². The van der Waals surface area contributed by atoms with Crippen molar-refractivity contribution >= 4 is 34.6 Å². The molecule has 0 radical (unpaired) electrons. The minimum absolute atomic E-state index is 0.00181. The van der Waals surface area contributed by atoms with Crippen LogP contribution in [0.3, 0.4) is 0 Å². The zero-order valence-corrected chi connectivity index (χ0v) is 14.8. The normalized spacial score (nSPS) is 15.9. The van der Waals surface area contributed by atoms with Gasteiger partial charge in [0, 0.05) is 18.2 Å². The molecule has 0 unspecified atom stereocenters. The van der Waals surface area contributed by atoms with E-state index in [0.29, 0.717) is 22.5 Å². The maximum absolute atomic E-state index is 13.2. The number of nitrogens with one attached hydrogen (secondary N) is 2. The van der Waals surface area contributed by atoms with Crippen molar-refractivity contribution in [1.29, 1.82) is 0 Å². The Morgan fingerprint density at radius 2 is 1.92 bits per heavy atom. The molecule has 1 aliphatic carbocycles. The number of anilines is 1. The Bertz CT molecular complexity index is 714. The van der Waals surface area contributed by atoms with Crippen LogP contribution >= 0.6 is 23.8 Å². The van der Waals surface area contributed by atoms with Crippen molar-refractivity contribution < 1.29 is 4.39 Å². The van der Waals surface area contributed by atoms with Crippen LogP contribution in [-0.2, 0) is 5.41 Å². The summed E-state index contributed by atoms with van der Waals surface area (Å²) in [5.41, 5.74) is 1.84. The molecule has 126 valence electrons. The molecule has 24 heavy (non-hydrogen) atoms. The molecule has 1 saturated carbocycles. The zero-order chi connectivity index (χ0) is 17.0. The SMILES string of the molecule is Fc1ccc(C2(CNC(=S)Nc3cccnc3Cl)CCCC2)cc1. The molecule has 1 aliphatic rings. The highest BCUT2D eigenvalue weighted by Crippen LogP contribution is 2.40. The molecule has 6 heteroatoms. The van der Waals surface area contributed by atoms with Gasteiger partial charge in [-0.05, 0) is 54.9 Å². The van der Waals surface area contributed by atoms with Crippen LogP contribution in [0.5, 0.6) is 0 Å². The molecule has 0 bridgehead atoms. The van der Waals surface area contributed by atoms with Crippen LogP contribution in [0.25, 0.3) is 0 Å². The summed E-state index contributed by atoms with van der Waals surface area (Å²) in [5, 5.41) is 7.27. The molecule has 0 amide bonds. The molecule has 1 aromatic carbocycles.